The van der Waals surface area contributed by atoms with E-state index in [2.05, 4.69) is 6.92 Å². The van der Waals surface area contributed by atoms with Crippen molar-refractivity contribution in [3.05, 3.63) is 0 Å². The molecule has 1 atom stereocenters. The van der Waals surface area contributed by atoms with E-state index in [0.717, 1.165) is 12.8 Å². The molecule has 3 nitrogen and oxygen atoms in total. The van der Waals surface area contributed by atoms with Crippen LogP contribution in [0, 0.1) is 0 Å². The van der Waals surface area contributed by atoms with Crippen molar-refractivity contribution in [2.24, 2.45) is 5.73 Å². The number of hydrogen-bond donors (Lipinski definition) is 2. The molecule has 3 N–H and O–H groups in total. The number of aliphatic hydroxyl groups excluding tert-OH is 1. The second-order valence-corrected chi connectivity index (χ2v) is 6.71. The number of hydrogen-bond acceptors (Lipinski definition) is 2. The summed E-state index contributed by atoms with van der Waals surface area (Å²) >= 11 is 0. The quantitative estimate of drug-likeness (QED) is 0.367. The van der Waals surface area contributed by atoms with Crippen molar-refractivity contribution >= 4 is 5.91 Å². The first-order valence-electron chi connectivity index (χ1n) is 9.63. The van der Waals surface area contributed by atoms with E-state index in [1.54, 1.807) is 0 Å². The zero-order chi connectivity index (χ0) is 16.5. The maximum atomic E-state index is 10.6. The van der Waals surface area contributed by atoms with Gasteiger partial charge in [-0.3, -0.25) is 4.79 Å². The zero-order valence-electron chi connectivity index (χ0n) is 14.8. The lowest BCUT2D eigenvalue weighted by atomic mass is 10.0. The Labute approximate surface area is 138 Å². The fourth-order valence-electron chi connectivity index (χ4n) is 2.91. The first-order valence-corrected chi connectivity index (χ1v) is 9.63. The van der Waals surface area contributed by atoms with Gasteiger partial charge in [0.1, 0.15) is 0 Å². The van der Waals surface area contributed by atoms with Crippen molar-refractivity contribution in [3.8, 4) is 0 Å². The zero-order valence-corrected chi connectivity index (χ0v) is 14.8. The summed E-state index contributed by atoms with van der Waals surface area (Å²) in [5.41, 5.74) is 5.04. The number of rotatable bonds is 17. The average molecular weight is 314 g/mol. The van der Waals surface area contributed by atoms with Gasteiger partial charge in [-0.2, -0.15) is 0 Å². The summed E-state index contributed by atoms with van der Waals surface area (Å²) in [6, 6.07) is 0. The highest BCUT2D eigenvalue weighted by Crippen LogP contribution is 2.14. The van der Waals surface area contributed by atoms with Crippen LogP contribution in [-0.4, -0.2) is 17.1 Å². The summed E-state index contributed by atoms with van der Waals surface area (Å²) in [6.45, 7) is 2.27. The summed E-state index contributed by atoms with van der Waals surface area (Å²) in [4.78, 5) is 10.6. The number of carbonyl (C=O) groups is 1. The van der Waals surface area contributed by atoms with E-state index < -0.39 is 12.0 Å². The van der Waals surface area contributed by atoms with Gasteiger partial charge in [0.25, 0.3) is 0 Å². The van der Waals surface area contributed by atoms with Gasteiger partial charge in [0, 0.05) is 0 Å². The van der Waals surface area contributed by atoms with E-state index in [1.165, 1.54) is 77.0 Å². The largest absolute Gasteiger partial charge is 0.393 e. The first-order chi connectivity index (χ1) is 10.7. The Morgan fingerprint density at radius 3 is 1.50 bits per heavy atom. The van der Waals surface area contributed by atoms with Crippen LogP contribution in [0.25, 0.3) is 0 Å². The van der Waals surface area contributed by atoms with Crippen molar-refractivity contribution in [1.29, 1.82) is 0 Å². The van der Waals surface area contributed by atoms with Crippen LogP contribution in [-0.2, 0) is 4.79 Å². The van der Waals surface area contributed by atoms with Gasteiger partial charge in [0.2, 0.25) is 5.91 Å². The maximum absolute atomic E-state index is 10.6. The van der Waals surface area contributed by atoms with Crippen molar-refractivity contribution in [2.75, 3.05) is 0 Å². The number of nitrogens with two attached hydrogens (primary N) is 1. The lowest BCUT2D eigenvalue weighted by molar-refractivity contribution is -0.119. The van der Waals surface area contributed by atoms with Crippen LogP contribution in [0.4, 0.5) is 0 Å². The minimum Gasteiger partial charge on any atom is -0.393 e. The summed E-state index contributed by atoms with van der Waals surface area (Å²) in [6.07, 6.45) is 19.0. The topological polar surface area (TPSA) is 63.3 Å². The smallest absolute Gasteiger partial charge is 0.220 e. The van der Waals surface area contributed by atoms with Crippen LogP contribution in [0.15, 0.2) is 0 Å². The molecule has 0 bridgehead atoms. The molecule has 0 aliphatic carbocycles. The molecule has 3 heteroatoms. The van der Waals surface area contributed by atoms with Crippen molar-refractivity contribution in [1.82, 2.24) is 0 Å². The van der Waals surface area contributed by atoms with Gasteiger partial charge in [-0.05, 0) is 6.42 Å². The molecule has 0 aromatic heterocycles. The molecule has 0 aromatic rings. The molecule has 0 aliphatic rings. The molecule has 1 amide bonds. The number of primary amides is 1. The van der Waals surface area contributed by atoms with Gasteiger partial charge >= 0.3 is 0 Å². The van der Waals surface area contributed by atoms with Gasteiger partial charge < -0.3 is 10.8 Å². The maximum Gasteiger partial charge on any atom is 0.220 e. The SMILES string of the molecule is CCCCCCCCCCCCCCCCC(O)CC(N)=O. The molecule has 0 spiro atoms. The molecule has 22 heavy (non-hydrogen) atoms. The van der Waals surface area contributed by atoms with Crippen LogP contribution >= 0.6 is 0 Å². The minimum atomic E-state index is -0.533. The molecular weight excluding hydrogens is 274 g/mol. The third-order valence-electron chi connectivity index (χ3n) is 4.33. The van der Waals surface area contributed by atoms with Crippen molar-refractivity contribution in [2.45, 2.75) is 116 Å². The number of amides is 1. The summed E-state index contributed by atoms with van der Waals surface area (Å²) < 4.78 is 0. The van der Waals surface area contributed by atoms with E-state index in [4.69, 9.17) is 5.73 Å². The van der Waals surface area contributed by atoms with Gasteiger partial charge in [-0.25, -0.2) is 0 Å². The van der Waals surface area contributed by atoms with Crippen molar-refractivity contribution < 1.29 is 9.90 Å². The fourth-order valence-corrected chi connectivity index (χ4v) is 2.91. The standard InChI is InChI=1S/C19H39NO2/c1-2-3-4-5-6-7-8-9-10-11-12-13-14-15-16-18(21)17-19(20)22/h18,21H,2-17H2,1H3,(H2,20,22). The highest BCUT2D eigenvalue weighted by atomic mass is 16.3. The van der Waals surface area contributed by atoms with E-state index in [1.807, 2.05) is 0 Å². The summed E-state index contributed by atoms with van der Waals surface area (Å²) in [5.74, 6) is -0.405. The average Bonchev–Trinajstić information content (AvgIpc) is 2.47. The molecule has 0 heterocycles. The van der Waals surface area contributed by atoms with E-state index in [9.17, 15) is 9.90 Å². The predicted octanol–water partition coefficient (Wildman–Crippen LogP) is 5.09. The van der Waals surface area contributed by atoms with Gasteiger partial charge in [-0.1, -0.05) is 96.8 Å². The van der Waals surface area contributed by atoms with Crippen LogP contribution in [0.3, 0.4) is 0 Å². The lowest BCUT2D eigenvalue weighted by Crippen LogP contribution is -2.19. The molecule has 1 unspecified atom stereocenters. The fraction of sp³-hybridized carbons (Fsp3) is 0.947. The Morgan fingerprint density at radius 1 is 0.773 bits per heavy atom. The minimum absolute atomic E-state index is 0.110. The molecule has 0 aromatic carbocycles. The summed E-state index contributed by atoms with van der Waals surface area (Å²) in [5, 5.41) is 9.51. The molecule has 132 valence electrons. The molecule has 0 aliphatic heterocycles. The number of carbonyl (C=O) groups excluding carboxylic acids is 1. The van der Waals surface area contributed by atoms with Crippen LogP contribution in [0.2, 0.25) is 0 Å². The Hall–Kier alpha value is -0.570. The normalized spacial score (nSPS) is 12.5. The second kappa shape index (κ2) is 16.8. The van der Waals surface area contributed by atoms with Crippen molar-refractivity contribution in [3.63, 3.8) is 0 Å². The third kappa shape index (κ3) is 17.5. The Morgan fingerprint density at radius 2 is 1.14 bits per heavy atom. The monoisotopic (exact) mass is 313 g/mol. The second-order valence-electron chi connectivity index (χ2n) is 6.71. The van der Waals surface area contributed by atoms with E-state index in [-0.39, 0.29) is 6.42 Å². The lowest BCUT2D eigenvalue weighted by Gasteiger charge is -2.07. The number of aliphatic hydroxyl groups is 1. The van der Waals surface area contributed by atoms with Gasteiger partial charge in [0.05, 0.1) is 12.5 Å². The molecule has 0 radical (unpaired) electrons. The Kier molecular flexibility index (Phi) is 16.4. The Balaban J connectivity index is 3.07. The predicted molar refractivity (Wildman–Crippen MR) is 94.7 cm³/mol. The Bertz CT molecular complexity index is 244. The van der Waals surface area contributed by atoms with Crippen LogP contribution in [0.1, 0.15) is 110 Å². The molecule has 0 rings (SSSR count). The van der Waals surface area contributed by atoms with Crippen LogP contribution < -0.4 is 5.73 Å². The van der Waals surface area contributed by atoms with Gasteiger partial charge in [-0.15, -0.1) is 0 Å². The van der Waals surface area contributed by atoms with Crippen LogP contribution in [0.5, 0.6) is 0 Å². The van der Waals surface area contributed by atoms with Gasteiger partial charge in [0.15, 0.2) is 0 Å². The third-order valence-corrected chi connectivity index (χ3v) is 4.33. The highest BCUT2D eigenvalue weighted by molar-refractivity contribution is 5.74. The highest BCUT2D eigenvalue weighted by Gasteiger charge is 2.06. The van der Waals surface area contributed by atoms with E-state index >= 15 is 0 Å². The molecule has 0 saturated heterocycles. The first kappa shape index (κ1) is 21.4. The molecular formula is C19H39NO2. The molecule has 0 saturated carbocycles. The van der Waals surface area contributed by atoms with E-state index in [0.29, 0.717) is 6.42 Å². The molecule has 0 fully saturated rings. The number of unbranched alkanes of at least 4 members (excludes halogenated alkanes) is 13. The summed E-state index contributed by atoms with van der Waals surface area (Å²) in [7, 11) is 0.